The minimum absolute atomic E-state index is 0.102. The number of nitriles is 1. The Hall–Kier alpha value is -4.57. The number of nitrogens with one attached hydrogen (secondary N) is 2. The monoisotopic (exact) mass is 467 g/mol. The summed E-state index contributed by atoms with van der Waals surface area (Å²) in [6.45, 7) is 0.102. The van der Waals surface area contributed by atoms with Crippen molar-refractivity contribution in [1.82, 2.24) is 10.6 Å². The van der Waals surface area contributed by atoms with Crippen LogP contribution in [0.5, 0.6) is 5.75 Å². The number of urea groups is 1. The van der Waals surface area contributed by atoms with Crippen LogP contribution in [-0.4, -0.2) is 19.1 Å². The summed E-state index contributed by atoms with van der Waals surface area (Å²) in [6.07, 6.45) is 0.984. The van der Waals surface area contributed by atoms with Crippen LogP contribution in [0.2, 0.25) is 0 Å². The van der Waals surface area contributed by atoms with E-state index in [1.165, 1.54) is 0 Å². The second-order valence-corrected chi connectivity index (χ2v) is 8.07. The molecule has 0 saturated heterocycles. The third-order valence-corrected chi connectivity index (χ3v) is 5.73. The van der Waals surface area contributed by atoms with Crippen molar-refractivity contribution in [3.8, 4) is 11.8 Å². The molecule has 1 aliphatic rings. The first kappa shape index (κ1) is 23.6. The number of rotatable bonds is 8. The Kier molecular flexibility index (Phi) is 7.44. The number of ether oxygens (including phenoxy) is 2. The highest BCUT2D eigenvalue weighted by atomic mass is 16.5. The lowest BCUT2D eigenvalue weighted by atomic mass is 9.92. The van der Waals surface area contributed by atoms with E-state index in [1.807, 2.05) is 54.6 Å². The molecular weight excluding hydrogens is 442 g/mol. The summed E-state index contributed by atoms with van der Waals surface area (Å²) in [7, 11) is 1.61. The molecular formula is C28H25N3O4. The van der Waals surface area contributed by atoms with Crippen molar-refractivity contribution in [1.29, 1.82) is 5.26 Å². The Balaban J connectivity index is 1.67. The molecule has 2 N–H and O–H groups in total. The Bertz CT molecular complexity index is 1290. The molecule has 35 heavy (non-hydrogen) atoms. The first-order valence-electron chi connectivity index (χ1n) is 11.2. The highest BCUT2D eigenvalue weighted by Gasteiger charge is 2.33. The van der Waals surface area contributed by atoms with E-state index in [4.69, 9.17) is 9.47 Å². The maximum atomic E-state index is 13.4. The number of amides is 2. The minimum Gasteiger partial charge on any atom is -0.497 e. The second kappa shape index (κ2) is 11.0. The van der Waals surface area contributed by atoms with Gasteiger partial charge in [0, 0.05) is 5.70 Å². The standard InChI is InChI=1S/C28H25N3O4/c1-34-23-12-6-9-19(16-23)13-14-24-25(27(32)35-18-20-7-3-2-4-8-20)26(31-28(33)30-24)22-11-5-10-21(15-22)17-29/h2-12,15-16,26H,13-14,18H2,1H3,(H2,30,31,33). The summed E-state index contributed by atoms with van der Waals surface area (Å²) in [4.78, 5) is 26.0. The number of hydrogen-bond donors (Lipinski definition) is 2. The topological polar surface area (TPSA) is 100 Å². The molecule has 7 heteroatoms. The molecule has 0 aromatic heterocycles. The average Bonchev–Trinajstić information content (AvgIpc) is 2.91. The van der Waals surface area contributed by atoms with Gasteiger partial charge in [-0.2, -0.15) is 5.26 Å². The number of benzene rings is 3. The van der Waals surface area contributed by atoms with E-state index in [9.17, 15) is 14.9 Å². The molecule has 0 spiro atoms. The lowest BCUT2D eigenvalue weighted by Gasteiger charge is -2.29. The number of hydrogen-bond acceptors (Lipinski definition) is 5. The van der Waals surface area contributed by atoms with Gasteiger partial charge >= 0.3 is 12.0 Å². The number of esters is 1. The van der Waals surface area contributed by atoms with Gasteiger partial charge in [-0.15, -0.1) is 0 Å². The molecule has 3 aromatic rings. The van der Waals surface area contributed by atoms with Crippen LogP contribution in [0.3, 0.4) is 0 Å². The summed E-state index contributed by atoms with van der Waals surface area (Å²) in [5.74, 6) is 0.203. The fourth-order valence-corrected chi connectivity index (χ4v) is 3.99. The number of allylic oxidation sites excluding steroid dienone is 1. The van der Waals surface area contributed by atoms with Crippen molar-refractivity contribution in [2.24, 2.45) is 0 Å². The maximum absolute atomic E-state index is 13.4. The first-order chi connectivity index (χ1) is 17.1. The zero-order chi connectivity index (χ0) is 24.6. The van der Waals surface area contributed by atoms with Crippen LogP contribution in [0.1, 0.15) is 34.7 Å². The molecule has 0 saturated carbocycles. The van der Waals surface area contributed by atoms with E-state index < -0.39 is 18.0 Å². The van der Waals surface area contributed by atoms with Crippen molar-refractivity contribution in [2.75, 3.05) is 7.11 Å². The molecule has 7 nitrogen and oxygen atoms in total. The summed E-state index contributed by atoms with van der Waals surface area (Å²) in [5, 5.41) is 15.0. The molecule has 1 aliphatic heterocycles. The van der Waals surface area contributed by atoms with Crippen molar-refractivity contribution < 1.29 is 19.1 Å². The van der Waals surface area contributed by atoms with Crippen molar-refractivity contribution in [3.05, 3.63) is 112 Å². The van der Waals surface area contributed by atoms with Gasteiger partial charge in [-0.1, -0.05) is 54.6 Å². The SMILES string of the molecule is COc1cccc(CCC2=C(C(=O)OCc3ccccc3)C(c3cccc(C#N)c3)NC(=O)N2)c1. The van der Waals surface area contributed by atoms with Crippen LogP contribution >= 0.6 is 0 Å². The van der Waals surface area contributed by atoms with E-state index >= 15 is 0 Å². The van der Waals surface area contributed by atoms with E-state index in [0.717, 1.165) is 16.9 Å². The van der Waals surface area contributed by atoms with E-state index in [0.29, 0.717) is 35.2 Å². The molecule has 0 fully saturated rings. The molecule has 2 amide bonds. The van der Waals surface area contributed by atoms with E-state index in [1.54, 1.807) is 31.4 Å². The van der Waals surface area contributed by atoms with Crippen molar-refractivity contribution in [3.63, 3.8) is 0 Å². The average molecular weight is 468 g/mol. The van der Waals surface area contributed by atoms with E-state index in [2.05, 4.69) is 16.7 Å². The predicted octanol–water partition coefficient (Wildman–Crippen LogP) is 4.55. The molecule has 176 valence electrons. The summed E-state index contributed by atoms with van der Waals surface area (Å²) < 4.78 is 11.0. The van der Waals surface area contributed by atoms with Crippen molar-refractivity contribution in [2.45, 2.75) is 25.5 Å². The predicted molar refractivity (Wildman–Crippen MR) is 130 cm³/mol. The molecule has 4 rings (SSSR count). The van der Waals surface area contributed by atoms with Gasteiger partial charge in [-0.3, -0.25) is 0 Å². The van der Waals surface area contributed by atoms with Crippen LogP contribution in [0.25, 0.3) is 0 Å². The zero-order valence-corrected chi connectivity index (χ0v) is 19.3. The van der Waals surface area contributed by atoms with Gasteiger partial charge in [-0.05, 0) is 53.8 Å². The van der Waals surface area contributed by atoms with Crippen molar-refractivity contribution >= 4 is 12.0 Å². The van der Waals surface area contributed by atoms with Crippen LogP contribution in [-0.2, 0) is 22.6 Å². The van der Waals surface area contributed by atoms with Gasteiger partial charge in [0.05, 0.1) is 30.4 Å². The zero-order valence-electron chi connectivity index (χ0n) is 19.3. The fourth-order valence-electron chi connectivity index (χ4n) is 3.99. The highest BCUT2D eigenvalue weighted by Crippen LogP contribution is 2.30. The molecule has 0 radical (unpaired) electrons. The Morgan fingerprint density at radius 3 is 2.51 bits per heavy atom. The highest BCUT2D eigenvalue weighted by molar-refractivity contribution is 5.95. The van der Waals surface area contributed by atoms with Crippen LogP contribution in [0, 0.1) is 11.3 Å². The lowest BCUT2D eigenvalue weighted by Crippen LogP contribution is -2.46. The first-order valence-corrected chi connectivity index (χ1v) is 11.2. The Labute approximate surface area is 204 Å². The van der Waals surface area contributed by atoms with Gasteiger partial charge in [0.2, 0.25) is 0 Å². The quantitative estimate of drug-likeness (QED) is 0.474. The normalized spacial score (nSPS) is 15.0. The van der Waals surface area contributed by atoms with Gasteiger partial charge in [0.25, 0.3) is 0 Å². The van der Waals surface area contributed by atoms with Gasteiger partial charge in [-0.25, -0.2) is 9.59 Å². The van der Waals surface area contributed by atoms with E-state index in [-0.39, 0.29) is 6.61 Å². The third-order valence-electron chi connectivity index (χ3n) is 5.73. The second-order valence-electron chi connectivity index (χ2n) is 8.07. The Morgan fingerprint density at radius 2 is 1.74 bits per heavy atom. The molecule has 0 bridgehead atoms. The Morgan fingerprint density at radius 1 is 0.971 bits per heavy atom. The van der Waals surface area contributed by atoms with Gasteiger partial charge < -0.3 is 20.1 Å². The number of aryl methyl sites for hydroxylation is 1. The molecule has 0 aliphatic carbocycles. The molecule has 1 atom stereocenters. The fraction of sp³-hybridized carbons (Fsp3) is 0.179. The summed E-state index contributed by atoms with van der Waals surface area (Å²) >= 11 is 0. The van der Waals surface area contributed by atoms with Crippen LogP contribution < -0.4 is 15.4 Å². The smallest absolute Gasteiger partial charge is 0.338 e. The molecule has 1 heterocycles. The van der Waals surface area contributed by atoms with Gasteiger partial charge in [0.15, 0.2) is 0 Å². The maximum Gasteiger partial charge on any atom is 0.338 e. The van der Waals surface area contributed by atoms with Crippen LogP contribution in [0.4, 0.5) is 4.79 Å². The lowest BCUT2D eigenvalue weighted by molar-refractivity contribution is -0.140. The number of carbonyl (C=O) groups is 2. The minimum atomic E-state index is -0.749. The third kappa shape index (κ3) is 5.87. The number of nitrogens with zero attached hydrogens (tertiary/aromatic N) is 1. The summed E-state index contributed by atoms with van der Waals surface area (Å²) in [5.41, 5.74) is 3.73. The summed E-state index contributed by atoms with van der Waals surface area (Å²) in [6, 6.07) is 24.8. The number of carbonyl (C=O) groups excluding carboxylic acids is 2. The molecule has 1 unspecified atom stereocenters. The molecule has 3 aromatic carbocycles. The van der Waals surface area contributed by atoms with Crippen LogP contribution in [0.15, 0.2) is 90.1 Å². The largest absolute Gasteiger partial charge is 0.497 e. The van der Waals surface area contributed by atoms with Gasteiger partial charge in [0.1, 0.15) is 12.4 Å². The number of methoxy groups -OCH3 is 1.